The van der Waals surface area contributed by atoms with Gasteiger partial charge in [0.25, 0.3) is 0 Å². The fraction of sp³-hybridized carbons (Fsp3) is 0.688. The van der Waals surface area contributed by atoms with Gasteiger partial charge >= 0.3 is 0 Å². The lowest BCUT2D eigenvalue weighted by atomic mass is 10.0. The van der Waals surface area contributed by atoms with Crippen LogP contribution in [0.25, 0.3) is 0 Å². The first-order valence-electron chi connectivity index (χ1n) is 7.98. The largest absolute Gasteiger partial charge is 0.466 e. The van der Waals surface area contributed by atoms with E-state index in [9.17, 15) is 5.11 Å². The van der Waals surface area contributed by atoms with Crippen molar-refractivity contribution in [2.75, 3.05) is 31.9 Å². The van der Waals surface area contributed by atoms with Crippen LogP contribution in [0.1, 0.15) is 33.0 Å². The van der Waals surface area contributed by atoms with Crippen molar-refractivity contribution in [1.82, 2.24) is 10.2 Å². The lowest BCUT2D eigenvalue weighted by molar-refractivity contribution is 0.0434. The van der Waals surface area contributed by atoms with Crippen molar-refractivity contribution in [2.45, 2.75) is 38.0 Å². The number of thioether (sulfide) groups is 1. The molecule has 2 atom stereocenters. The predicted octanol–water partition coefficient (Wildman–Crippen LogP) is 2.28. The lowest BCUT2D eigenvalue weighted by Gasteiger charge is -2.34. The van der Waals surface area contributed by atoms with Gasteiger partial charge in [-0.05, 0) is 32.4 Å². The van der Waals surface area contributed by atoms with Crippen molar-refractivity contribution in [3.05, 3.63) is 24.2 Å². The Morgan fingerprint density at radius 2 is 2.41 bits per heavy atom. The molecule has 5 nitrogen and oxygen atoms in total. The summed E-state index contributed by atoms with van der Waals surface area (Å²) < 4.78 is 5.31. The first-order valence-corrected chi connectivity index (χ1v) is 9.03. The van der Waals surface area contributed by atoms with Crippen molar-refractivity contribution in [3.8, 4) is 0 Å². The van der Waals surface area contributed by atoms with Crippen LogP contribution in [0, 0.1) is 0 Å². The van der Waals surface area contributed by atoms with Crippen molar-refractivity contribution < 1.29 is 9.52 Å². The first kappa shape index (κ1) is 17.2. The van der Waals surface area contributed by atoms with E-state index in [2.05, 4.69) is 29.1 Å². The summed E-state index contributed by atoms with van der Waals surface area (Å²) in [4.78, 5) is 6.94. The van der Waals surface area contributed by atoms with Crippen molar-refractivity contribution >= 4 is 17.7 Å². The molecule has 1 saturated heterocycles. The van der Waals surface area contributed by atoms with E-state index < -0.39 is 5.60 Å². The topological polar surface area (TPSA) is 61.0 Å². The maximum Gasteiger partial charge on any atom is 0.194 e. The Morgan fingerprint density at radius 1 is 1.59 bits per heavy atom. The standard InChI is InChI=1S/C16H27N3O2S/c1-4-13-11-19(8-10-22-13)15(17-5-2)18-12-16(3,20)14-7-6-9-21-14/h6-7,9,13,20H,4-5,8,10-12H2,1-3H3,(H,17,18). The Hall–Kier alpha value is -1.14. The third-order valence-corrected chi connectivity index (χ3v) is 5.19. The Labute approximate surface area is 137 Å². The number of aliphatic imine (C=N–C) groups is 1. The molecular weight excluding hydrogens is 298 g/mol. The molecule has 0 radical (unpaired) electrons. The van der Waals surface area contributed by atoms with Gasteiger partial charge in [0.1, 0.15) is 11.4 Å². The minimum atomic E-state index is -1.08. The van der Waals surface area contributed by atoms with Crippen LogP contribution in [0.4, 0.5) is 0 Å². The Bertz CT molecular complexity index is 474. The summed E-state index contributed by atoms with van der Waals surface area (Å²) in [5.41, 5.74) is -1.08. The summed E-state index contributed by atoms with van der Waals surface area (Å²) >= 11 is 2.04. The average Bonchev–Trinajstić information content (AvgIpc) is 3.07. The highest BCUT2D eigenvalue weighted by Gasteiger charge is 2.27. The minimum absolute atomic E-state index is 0.281. The zero-order valence-corrected chi connectivity index (χ0v) is 14.5. The van der Waals surface area contributed by atoms with Gasteiger partial charge in [-0.1, -0.05) is 6.92 Å². The summed E-state index contributed by atoms with van der Waals surface area (Å²) in [5.74, 6) is 2.55. The Balaban J connectivity index is 2.06. The molecular formula is C16H27N3O2S. The van der Waals surface area contributed by atoms with E-state index in [0.29, 0.717) is 11.0 Å². The van der Waals surface area contributed by atoms with Gasteiger partial charge in [0.15, 0.2) is 5.96 Å². The minimum Gasteiger partial charge on any atom is -0.466 e. The smallest absolute Gasteiger partial charge is 0.194 e. The molecule has 0 spiro atoms. The first-order chi connectivity index (χ1) is 10.6. The van der Waals surface area contributed by atoms with E-state index in [4.69, 9.17) is 4.42 Å². The molecule has 0 saturated carbocycles. The van der Waals surface area contributed by atoms with E-state index in [1.807, 2.05) is 11.8 Å². The zero-order chi connectivity index (χ0) is 16.0. The van der Waals surface area contributed by atoms with Crippen LogP contribution in [0.5, 0.6) is 0 Å². The second kappa shape index (κ2) is 7.92. The number of nitrogens with one attached hydrogen (secondary N) is 1. The van der Waals surface area contributed by atoms with Crippen molar-refractivity contribution in [2.24, 2.45) is 4.99 Å². The number of guanidine groups is 1. The fourth-order valence-electron chi connectivity index (χ4n) is 2.48. The van der Waals surface area contributed by atoms with Crippen molar-refractivity contribution in [3.63, 3.8) is 0 Å². The van der Waals surface area contributed by atoms with E-state index in [0.717, 1.165) is 31.3 Å². The second-order valence-electron chi connectivity index (χ2n) is 5.77. The molecule has 0 amide bonds. The molecule has 1 aromatic heterocycles. The molecule has 0 bridgehead atoms. The molecule has 22 heavy (non-hydrogen) atoms. The van der Waals surface area contributed by atoms with Crippen molar-refractivity contribution in [1.29, 1.82) is 0 Å². The van der Waals surface area contributed by atoms with Crippen LogP contribution in [-0.2, 0) is 5.60 Å². The second-order valence-corrected chi connectivity index (χ2v) is 7.18. The number of rotatable bonds is 5. The lowest BCUT2D eigenvalue weighted by Crippen LogP contribution is -2.48. The molecule has 0 aliphatic carbocycles. The Morgan fingerprint density at radius 3 is 3.05 bits per heavy atom. The average molecular weight is 325 g/mol. The third-order valence-electron chi connectivity index (χ3n) is 3.82. The highest BCUT2D eigenvalue weighted by molar-refractivity contribution is 8.00. The third kappa shape index (κ3) is 4.43. The molecule has 0 aromatic carbocycles. The predicted molar refractivity (Wildman–Crippen MR) is 92.4 cm³/mol. The van der Waals surface area contributed by atoms with Gasteiger partial charge in [0.2, 0.25) is 0 Å². The number of aliphatic hydroxyl groups is 1. The highest BCUT2D eigenvalue weighted by Crippen LogP contribution is 2.23. The molecule has 1 aromatic rings. The van der Waals surface area contributed by atoms with Gasteiger partial charge in [0, 0.05) is 30.6 Å². The van der Waals surface area contributed by atoms with E-state index in [1.54, 1.807) is 25.3 Å². The molecule has 2 N–H and O–H groups in total. The van der Waals surface area contributed by atoms with Crippen LogP contribution in [0.3, 0.4) is 0 Å². The maximum atomic E-state index is 10.5. The van der Waals surface area contributed by atoms with Gasteiger partial charge in [-0.3, -0.25) is 0 Å². The van der Waals surface area contributed by atoms with Gasteiger partial charge in [0.05, 0.1) is 12.8 Å². The SMILES string of the molecule is CCNC(=NCC(C)(O)c1ccco1)N1CCSC(CC)C1. The van der Waals surface area contributed by atoms with Gasteiger partial charge in [-0.15, -0.1) is 0 Å². The molecule has 1 aliphatic rings. The highest BCUT2D eigenvalue weighted by atomic mass is 32.2. The van der Waals surface area contributed by atoms with Crippen LogP contribution in [0.15, 0.2) is 27.8 Å². The van der Waals surface area contributed by atoms with E-state index in [1.165, 1.54) is 6.42 Å². The number of hydrogen-bond acceptors (Lipinski definition) is 4. The number of nitrogens with zero attached hydrogens (tertiary/aromatic N) is 2. The van der Waals surface area contributed by atoms with E-state index >= 15 is 0 Å². The summed E-state index contributed by atoms with van der Waals surface area (Å²) in [6.07, 6.45) is 2.75. The van der Waals surface area contributed by atoms with Crippen LogP contribution in [0.2, 0.25) is 0 Å². The molecule has 6 heteroatoms. The summed E-state index contributed by atoms with van der Waals surface area (Å²) in [7, 11) is 0. The molecule has 1 aliphatic heterocycles. The normalized spacial score (nSPS) is 22.5. The van der Waals surface area contributed by atoms with Gasteiger partial charge in [-0.25, -0.2) is 4.99 Å². The number of furan rings is 1. The molecule has 2 heterocycles. The van der Waals surface area contributed by atoms with Gasteiger partial charge < -0.3 is 19.7 Å². The van der Waals surface area contributed by atoms with Crippen LogP contribution in [-0.4, -0.2) is 53.1 Å². The monoisotopic (exact) mass is 325 g/mol. The molecule has 1 fully saturated rings. The maximum absolute atomic E-state index is 10.5. The summed E-state index contributed by atoms with van der Waals surface area (Å²) in [5, 5.41) is 14.5. The number of hydrogen-bond donors (Lipinski definition) is 2. The molecule has 2 unspecified atom stereocenters. The molecule has 2 rings (SSSR count). The molecule has 124 valence electrons. The zero-order valence-electron chi connectivity index (χ0n) is 13.7. The van der Waals surface area contributed by atoms with E-state index in [-0.39, 0.29) is 6.54 Å². The van der Waals surface area contributed by atoms with Gasteiger partial charge in [-0.2, -0.15) is 11.8 Å². The summed E-state index contributed by atoms with van der Waals surface area (Å²) in [6.45, 7) is 9.14. The summed E-state index contributed by atoms with van der Waals surface area (Å²) in [6, 6.07) is 3.57. The van der Waals surface area contributed by atoms with Crippen LogP contribution < -0.4 is 5.32 Å². The van der Waals surface area contributed by atoms with Crippen LogP contribution >= 0.6 is 11.8 Å². The quantitative estimate of drug-likeness (QED) is 0.642. The fourth-order valence-corrected chi connectivity index (χ4v) is 3.66. The Kier molecular flexibility index (Phi) is 6.20.